The van der Waals surface area contributed by atoms with Crippen molar-refractivity contribution in [2.75, 3.05) is 11.4 Å². The fourth-order valence-corrected chi connectivity index (χ4v) is 6.04. The largest absolute Gasteiger partial charge is 0.416 e. The molecule has 2 aromatic carbocycles. The van der Waals surface area contributed by atoms with Gasteiger partial charge in [-0.2, -0.15) is 30.9 Å². The summed E-state index contributed by atoms with van der Waals surface area (Å²) in [4.78, 5) is 1.92. The zero-order valence-corrected chi connectivity index (χ0v) is 26.6. The van der Waals surface area contributed by atoms with E-state index in [4.69, 9.17) is 0 Å². The summed E-state index contributed by atoms with van der Waals surface area (Å²) in [5, 5.41) is 0.546. The molecule has 0 fully saturated rings. The maximum Gasteiger partial charge on any atom is 0.416 e. The second-order valence-electron chi connectivity index (χ2n) is 11.5. The molecule has 47 heavy (non-hydrogen) atoms. The Bertz CT molecular complexity index is 1860. The van der Waals surface area contributed by atoms with E-state index in [2.05, 4.69) is 6.92 Å². The Labute approximate surface area is 271 Å². The minimum absolute atomic E-state index is 0.546. The average Bonchev–Trinajstić information content (AvgIpc) is 3.04. The monoisotopic (exact) mass is 647 g/mol. The summed E-state index contributed by atoms with van der Waals surface area (Å²) in [6.07, 6.45) is 14.9. The molecule has 2 nitrogen and oxygen atoms in total. The molecule has 0 radical (unpaired) electrons. The number of hydrogen-bond acceptors (Lipinski definition) is 1. The molecule has 1 aliphatic carbocycles. The predicted octanol–water partition coefficient (Wildman–Crippen LogP) is 11.2. The van der Waals surface area contributed by atoms with Gasteiger partial charge in [-0.15, -0.1) is 0 Å². The molecule has 1 aliphatic heterocycles. The molecule has 5 rings (SSSR count). The van der Waals surface area contributed by atoms with Crippen LogP contribution in [0.5, 0.6) is 0 Å². The summed E-state index contributed by atoms with van der Waals surface area (Å²) in [5.74, 6) is 0. The van der Waals surface area contributed by atoms with Crippen LogP contribution in [0.2, 0.25) is 0 Å². The van der Waals surface area contributed by atoms with Crippen molar-refractivity contribution in [3.8, 4) is 0 Å². The van der Waals surface area contributed by atoms with Gasteiger partial charge in [0.15, 0.2) is 6.20 Å². The molecule has 0 amide bonds. The Morgan fingerprint density at radius 3 is 2.23 bits per heavy atom. The lowest BCUT2D eigenvalue weighted by Crippen LogP contribution is -2.32. The quantitative estimate of drug-likeness (QED) is 0.141. The van der Waals surface area contributed by atoms with Gasteiger partial charge < -0.3 is 4.90 Å². The first-order valence-corrected chi connectivity index (χ1v) is 15.7. The minimum atomic E-state index is -4.42. The van der Waals surface area contributed by atoms with E-state index >= 15 is 0 Å². The third-order valence-electron chi connectivity index (χ3n) is 8.66. The summed E-state index contributed by atoms with van der Waals surface area (Å²) in [7, 11) is 0. The smallest absolute Gasteiger partial charge is 0.348 e. The number of halogens is 6. The van der Waals surface area contributed by atoms with E-state index in [9.17, 15) is 26.3 Å². The lowest BCUT2D eigenvalue weighted by atomic mass is 9.87. The zero-order valence-electron chi connectivity index (χ0n) is 26.6. The third kappa shape index (κ3) is 7.70. The fourth-order valence-electron chi connectivity index (χ4n) is 6.04. The SMILES string of the molecule is CCN1C=C\C(=C/C=C/C=C2\CCCC(/C=C/C=C/c3cc[n+](CC)c4ccc(C(F)(F)F)cc34)=C2C)c2cc(C(F)(F)F)ccc21. The van der Waals surface area contributed by atoms with E-state index in [0.717, 1.165) is 42.6 Å². The molecule has 0 saturated carbocycles. The zero-order chi connectivity index (χ0) is 33.8. The first-order chi connectivity index (χ1) is 22.4. The number of benzene rings is 2. The lowest BCUT2D eigenvalue weighted by molar-refractivity contribution is -0.667. The second kappa shape index (κ2) is 14.0. The van der Waals surface area contributed by atoms with E-state index in [0.29, 0.717) is 35.2 Å². The summed E-state index contributed by atoms with van der Waals surface area (Å²) < 4.78 is 82.5. The number of aromatic nitrogens is 1. The van der Waals surface area contributed by atoms with Gasteiger partial charge in [0.1, 0.15) is 6.54 Å². The molecule has 0 unspecified atom stereocenters. The first kappa shape index (κ1) is 33.8. The molecule has 8 heteroatoms. The number of pyridine rings is 1. The fraction of sp³-hybridized carbons (Fsp3) is 0.256. The number of allylic oxidation sites excluding steroid dienone is 12. The highest BCUT2D eigenvalue weighted by atomic mass is 19.4. The highest BCUT2D eigenvalue weighted by Gasteiger charge is 2.32. The highest BCUT2D eigenvalue weighted by Crippen LogP contribution is 2.38. The van der Waals surface area contributed by atoms with Gasteiger partial charge in [0.05, 0.1) is 16.5 Å². The van der Waals surface area contributed by atoms with Gasteiger partial charge in [-0.1, -0.05) is 48.6 Å². The molecular formula is C39H37F6N2+. The van der Waals surface area contributed by atoms with Gasteiger partial charge in [0.25, 0.3) is 0 Å². The molecule has 0 N–H and O–H groups in total. The number of hydrogen-bond donors (Lipinski definition) is 0. The van der Waals surface area contributed by atoms with Crippen LogP contribution >= 0.6 is 0 Å². The van der Waals surface area contributed by atoms with Crippen LogP contribution in [-0.4, -0.2) is 6.54 Å². The Hall–Kier alpha value is -4.59. The molecule has 0 spiro atoms. The first-order valence-electron chi connectivity index (χ1n) is 15.7. The number of alkyl halides is 6. The van der Waals surface area contributed by atoms with Crippen LogP contribution < -0.4 is 9.47 Å². The van der Waals surface area contributed by atoms with Crippen LogP contribution in [0.4, 0.5) is 32.0 Å². The molecule has 2 aliphatic rings. The summed E-state index contributed by atoms with van der Waals surface area (Å²) in [5.41, 5.74) is 5.65. The van der Waals surface area contributed by atoms with Crippen LogP contribution in [0.1, 0.15) is 62.3 Å². The lowest BCUT2D eigenvalue weighted by Gasteiger charge is -2.27. The van der Waals surface area contributed by atoms with Crippen LogP contribution in [0.15, 0.2) is 120 Å². The Kier molecular flexibility index (Phi) is 10.1. The van der Waals surface area contributed by atoms with Crippen LogP contribution in [0.3, 0.4) is 0 Å². The van der Waals surface area contributed by atoms with Gasteiger partial charge in [0.2, 0.25) is 5.52 Å². The Morgan fingerprint density at radius 1 is 0.809 bits per heavy atom. The number of nitrogens with zero attached hydrogens (tertiary/aromatic N) is 2. The summed E-state index contributed by atoms with van der Waals surface area (Å²) in [6.45, 7) is 7.27. The van der Waals surface area contributed by atoms with Gasteiger partial charge >= 0.3 is 12.4 Å². The Balaban J connectivity index is 1.34. The normalized spacial score (nSPS) is 17.9. The van der Waals surface area contributed by atoms with Crippen molar-refractivity contribution in [1.29, 1.82) is 0 Å². The van der Waals surface area contributed by atoms with E-state index in [1.165, 1.54) is 41.0 Å². The third-order valence-corrected chi connectivity index (χ3v) is 8.66. The van der Waals surface area contributed by atoms with E-state index in [1.807, 2.05) is 96.5 Å². The van der Waals surface area contributed by atoms with Gasteiger partial charge in [-0.3, -0.25) is 0 Å². The van der Waals surface area contributed by atoms with Crippen molar-refractivity contribution in [3.05, 3.63) is 142 Å². The van der Waals surface area contributed by atoms with E-state index in [-0.39, 0.29) is 0 Å². The topological polar surface area (TPSA) is 7.12 Å². The predicted molar refractivity (Wildman–Crippen MR) is 178 cm³/mol. The molecular weight excluding hydrogens is 610 g/mol. The molecule has 244 valence electrons. The maximum absolute atomic E-state index is 13.4. The molecule has 3 aromatic rings. The van der Waals surface area contributed by atoms with Crippen LogP contribution in [0.25, 0.3) is 22.6 Å². The van der Waals surface area contributed by atoms with Gasteiger partial charge in [-0.05, 0) is 104 Å². The van der Waals surface area contributed by atoms with Crippen molar-refractivity contribution >= 4 is 28.2 Å². The maximum atomic E-state index is 13.4. The number of anilines is 1. The molecule has 1 aromatic heterocycles. The highest BCUT2D eigenvalue weighted by molar-refractivity contribution is 5.88. The minimum Gasteiger partial charge on any atom is -0.348 e. The number of rotatable bonds is 7. The molecule has 0 bridgehead atoms. The standard InChI is InChI=1S/C39H37F6N2/c1-4-46-23-21-30(34-25-32(38(40,41)42)17-19-36(34)46)13-8-6-11-28-15-10-16-29(27(28)3)12-7-9-14-31-22-24-47(5-2)37-20-18-33(26-35(31)37)39(43,44)45/h6-9,11-14,17-26H,4-5,10,15-16H2,1-3H3/q+1. The van der Waals surface area contributed by atoms with Crippen LogP contribution in [-0.2, 0) is 18.9 Å². The summed E-state index contributed by atoms with van der Waals surface area (Å²) >= 11 is 0. The van der Waals surface area contributed by atoms with E-state index in [1.54, 1.807) is 0 Å². The van der Waals surface area contributed by atoms with Crippen molar-refractivity contribution < 1.29 is 30.9 Å². The van der Waals surface area contributed by atoms with Gasteiger partial charge in [-0.25, -0.2) is 0 Å². The molecule has 0 saturated heterocycles. The number of fused-ring (bicyclic) bond motifs is 2. The van der Waals surface area contributed by atoms with Crippen LogP contribution in [0, 0.1) is 0 Å². The second-order valence-corrected chi connectivity index (χ2v) is 11.5. The number of aryl methyl sites for hydroxylation is 1. The molecule has 0 atom stereocenters. The van der Waals surface area contributed by atoms with E-state index < -0.39 is 23.5 Å². The van der Waals surface area contributed by atoms with Crippen molar-refractivity contribution in [2.45, 2.75) is 58.9 Å². The van der Waals surface area contributed by atoms with Crippen molar-refractivity contribution in [3.63, 3.8) is 0 Å². The summed E-state index contributed by atoms with van der Waals surface area (Å²) in [6, 6.07) is 9.55. The average molecular weight is 648 g/mol. The van der Waals surface area contributed by atoms with Crippen molar-refractivity contribution in [2.24, 2.45) is 0 Å². The van der Waals surface area contributed by atoms with Gasteiger partial charge in [0, 0.05) is 36.1 Å². The molecule has 2 heterocycles. The van der Waals surface area contributed by atoms with Crippen molar-refractivity contribution in [1.82, 2.24) is 0 Å². The Morgan fingerprint density at radius 2 is 1.51 bits per heavy atom.